The van der Waals surface area contributed by atoms with E-state index >= 15 is 0 Å². The summed E-state index contributed by atoms with van der Waals surface area (Å²) in [5, 5.41) is 14.3. The molecule has 0 unspecified atom stereocenters. The number of rotatable bonds is 7. The van der Waals surface area contributed by atoms with Crippen molar-refractivity contribution in [3.05, 3.63) is 70.1 Å². The first-order valence-corrected chi connectivity index (χ1v) is 11.7. The minimum absolute atomic E-state index is 0.0450. The van der Waals surface area contributed by atoms with Gasteiger partial charge < -0.3 is 9.84 Å². The molecule has 164 valence electrons. The van der Waals surface area contributed by atoms with Crippen LogP contribution in [0, 0.1) is 5.41 Å². The van der Waals surface area contributed by atoms with Crippen LogP contribution < -0.4 is 10.3 Å². The highest BCUT2D eigenvalue weighted by Gasteiger charge is 2.22. The maximum atomic E-state index is 13.3. The first-order valence-electron chi connectivity index (χ1n) is 9.44. The van der Waals surface area contributed by atoms with Gasteiger partial charge in [-0.3, -0.25) is 4.79 Å². The van der Waals surface area contributed by atoms with Crippen molar-refractivity contribution in [1.29, 1.82) is 0 Å². The van der Waals surface area contributed by atoms with Crippen molar-refractivity contribution < 1.29 is 18.3 Å². The van der Waals surface area contributed by atoms with Crippen LogP contribution in [0.25, 0.3) is 16.8 Å². The molecule has 7 nitrogen and oxygen atoms in total. The molecule has 9 heteroatoms. The SMILES string of the molecule is CC(C)(CO)COc1c(-c2ccc(S(C)(=O)=O)cc2)cnn(-c2cccc(Cl)c2)c1=O. The Bertz CT molecular complexity index is 1250. The number of hydrogen-bond acceptors (Lipinski definition) is 6. The molecule has 31 heavy (non-hydrogen) atoms. The summed E-state index contributed by atoms with van der Waals surface area (Å²) >= 11 is 6.05. The minimum atomic E-state index is -3.35. The Morgan fingerprint density at radius 1 is 1.16 bits per heavy atom. The molecule has 0 atom stereocenters. The van der Waals surface area contributed by atoms with Crippen molar-refractivity contribution in [2.75, 3.05) is 19.5 Å². The summed E-state index contributed by atoms with van der Waals surface area (Å²) in [6, 6.07) is 12.8. The van der Waals surface area contributed by atoms with Gasteiger partial charge in [0.05, 0.1) is 30.0 Å². The number of aliphatic hydroxyl groups excluding tert-OH is 1. The number of benzene rings is 2. The second-order valence-electron chi connectivity index (χ2n) is 7.99. The highest BCUT2D eigenvalue weighted by Crippen LogP contribution is 2.29. The van der Waals surface area contributed by atoms with Gasteiger partial charge >= 0.3 is 5.56 Å². The lowest BCUT2D eigenvalue weighted by molar-refractivity contribution is 0.0968. The van der Waals surface area contributed by atoms with Gasteiger partial charge in [0.2, 0.25) is 0 Å². The predicted octanol–water partition coefficient (Wildman–Crippen LogP) is 3.35. The van der Waals surface area contributed by atoms with Crippen LogP contribution in [0.3, 0.4) is 0 Å². The van der Waals surface area contributed by atoms with Crippen molar-refractivity contribution in [3.8, 4) is 22.6 Å². The summed E-state index contributed by atoms with van der Waals surface area (Å²) in [5.74, 6) is 0.0450. The van der Waals surface area contributed by atoms with Crippen molar-refractivity contribution in [1.82, 2.24) is 9.78 Å². The van der Waals surface area contributed by atoms with Gasteiger partial charge in [-0.25, -0.2) is 8.42 Å². The number of nitrogens with zero attached hydrogens (tertiary/aromatic N) is 2. The molecule has 3 rings (SSSR count). The van der Waals surface area contributed by atoms with Crippen LogP contribution in [0.5, 0.6) is 5.75 Å². The van der Waals surface area contributed by atoms with Gasteiger partial charge in [0.15, 0.2) is 15.6 Å². The Hall–Kier alpha value is -2.68. The molecule has 0 saturated heterocycles. The van der Waals surface area contributed by atoms with Gasteiger partial charge in [-0.1, -0.05) is 43.6 Å². The van der Waals surface area contributed by atoms with Crippen LogP contribution in [-0.4, -0.2) is 42.8 Å². The molecule has 0 spiro atoms. The van der Waals surface area contributed by atoms with E-state index in [1.165, 1.54) is 23.0 Å². The number of sulfone groups is 1. The standard InChI is InChI=1S/C22H23ClN2O5S/c1-22(2,13-26)14-30-20-19(15-7-9-18(10-8-15)31(3,28)29)12-24-25(21(20)27)17-6-4-5-16(23)11-17/h4-12,26H,13-14H2,1-3H3. The van der Waals surface area contributed by atoms with Crippen LogP contribution >= 0.6 is 11.6 Å². The lowest BCUT2D eigenvalue weighted by Crippen LogP contribution is -2.29. The number of ether oxygens (including phenoxy) is 1. The van der Waals surface area contributed by atoms with Crippen molar-refractivity contribution in [2.24, 2.45) is 5.41 Å². The number of hydrogen-bond donors (Lipinski definition) is 1. The van der Waals surface area contributed by atoms with E-state index in [1.807, 2.05) is 13.8 Å². The first kappa shape index (κ1) is 23.0. The zero-order valence-electron chi connectivity index (χ0n) is 17.4. The molecular weight excluding hydrogens is 440 g/mol. The average molecular weight is 463 g/mol. The van der Waals surface area contributed by atoms with Crippen LogP contribution in [0.15, 0.2) is 64.4 Å². The average Bonchev–Trinajstić information content (AvgIpc) is 2.72. The maximum Gasteiger partial charge on any atom is 0.314 e. The molecule has 1 N–H and O–H groups in total. The third-order valence-electron chi connectivity index (χ3n) is 4.62. The highest BCUT2D eigenvalue weighted by atomic mass is 35.5. The molecule has 0 fully saturated rings. The third-order valence-corrected chi connectivity index (χ3v) is 5.98. The highest BCUT2D eigenvalue weighted by molar-refractivity contribution is 7.90. The second kappa shape index (κ2) is 8.82. The Balaban J connectivity index is 2.14. The zero-order valence-corrected chi connectivity index (χ0v) is 18.9. The van der Waals surface area contributed by atoms with Crippen molar-refractivity contribution in [2.45, 2.75) is 18.7 Å². The molecule has 3 aromatic rings. The van der Waals surface area contributed by atoms with Crippen LogP contribution in [0.2, 0.25) is 5.02 Å². The molecule has 0 aliphatic heterocycles. The van der Waals surface area contributed by atoms with Gasteiger partial charge in [-0.2, -0.15) is 9.78 Å². The van der Waals surface area contributed by atoms with E-state index in [-0.39, 0.29) is 23.9 Å². The topological polar surface area (TPSA) is 98.5 Å². The monoisotopic (exact) mass is 462 g/mol. The quantitative estimate of drug-likeness (QED) is 0.578. The van der Waals surface area contributed by atoms with Crippen LogP contribution in [0.4, 0.5) is 0 Å². The van der Waals surface area contributed by atoms with Crippen molar-refractivity contribution >= 4 is 21.4 Å². The molecule has 0 aliphatic rings. The fourth-order valence-electron chi connectivity index (χ4n) is 2.77. The summed E-state index contributed by atoms with van der Waals surface area (Å²) in [7, 11) is -3.35. The Morgan fingerprint density at radius 2 is 1.84 bits per heavy atom. The smallest absolute Gasteiger partial charge is 0.314 e. The third kappa shape index (κ3) is 5.33. The molecule has 0 bridgehead atoms. The lowest BCUT2D eigenvalue weighted by Gasteiger charge is -2.22. The normalized spacial score (nSPS) is 12.0. The Morgan fingerprint density at radius 3 is 2.42 bits per heavy atom. The molecule has 2 aromatic carbocycles. The maximum absolute atomic E-state index is 13.3. The van der Waals surface area contributed by atoms with Crippen LogP contribution in [-0.2, 0) is 9.84 Å². The second-order valence-corrected chi connectivity index (χ2v) is 10.4. The van der Waals surface area contributed by atoms with Crippen LogP contribution in [0.1, 0.15) is 13.8 Å². The van der Waals surface area contributed by atoms with E-state index in [1.54, 1.807) is 36.4 Å². The predicted molar refractivity (Wildman–Crippen MR) is 120 cm³/mol. The zero-order chi connectivity index (χ0) is 22.8. The molecule has 1 heterocycles. The van der Waals surface area contributed by atoms with E-state index in [4.69, 9.17) is 16.3 Å². The summed E-state index contributed by atoms with van der Waals surface area (Å²) < 4.78 is 30.6. The molecule has 0 aliphatic carbocycles. The number of aliphatic hydroxyl groups is 1. The Labute approximate surface area is 185 Å². The molecular formula is C22H23ClN2O5S. The summed E-state index contributed by atoms with van der Waals surface area (Å²) in [6.07, 6.45) is 2.61. The van der Waals surface area contributed by atoms with Gasteiger partial charge in [0.1, 0.15) is 0 Å². The summed E-state index contributed by atoms with van der Waals surface area (Å²) in [4.78, 5) is 13.4. The van der Waals surface area contributed by atoms with E-state index in [9.17, 15) is 18.3 Å². The first-order chi connectivity index (χ1) is 14.5. The van der Waals surface area contributed by atoms with E-state index in [2.05, 4.69) is 5.10 Å². The summed E-state index contributed by atoms with van der Waals surface area (Å²) in [6.45, 7) is 3.58. The fourth-order valence-corrected chi connectivity index (χ4v) is 3.58. The minimum Gasteiger partial charge on any atom is -0.487 e. The van der Waals surface area contributed by atoms with E-state index in [0.29, 0.717) is 21.8 Å². The van der Waals surface area contributed by atoms with E-state index in [0.717, 1.165) is 6.26 Å². The van der Waals surface area contributed by atoms with Gasteiger partial charge in [-0.15, -0.1) is 0 Å². The van der Waals surface area contributed by atoms with Gasteiger partial charge in [0.25, 0.3) is 0 Å². The largest absolute Gasteiger partial charge is 0.487 e. The van der Waals surface area contributed by atoms with Gasteiger partial charge in [-0.05, 0) is 35.9 Å². The van der Waals surface area contributed by atoms with E-state index < -0.39 is 20.8 Å². The molecule has 0 saturated carbocycles. The molecule has 0 amide bonds. The molecule has 0 radical (unpaired) electrons. The molecule has 1 aromatic heterocycles. The van der Waals surface area contributed by atoms with Gasteiger partial charge in [0, 0.05) is 22.3 Å². The number of aromatic nitrogens is 2. The summed E-state index contributed by atoms with van der Waals surface area (Å²) in [5.41, 5.74) is 0.390. The fraction of sp³-hybridized carbons (Fsp3) is 0.273. The lowest BCUT2D eigenvalue weighted by atomic mass is 9.96. The number of halogens is 1. The Kier molecular flexibility index (Phi) is 6.54. The van der Waals surface area contributed by atoms with Crippen molar-refractivity contribution in [3.63, 3.8) is 0 Å².